The molecule has 1 aromatic carbocycles. The average molecular weight is 333 g/mol. The topological polar surface area (TPSA) is 66.4 Å². The minimum absolute atomic E-state index is 0.157. The first kappa shape index (κ1) is 15.7. The number of benzene rings is 1. The molecule has 0 unspecified atom stereocenters. The van der Waals surface area contributed by atoms with Gasteiger partial charge in [0, 0.05) is 11.4 Å². The Morgan fingerprint density at radius 3 is 2.52 bits per heavy atom. The summed E-state index contributed by atoms with van der Waals surface area (Å²) in [6, 6.07) is 7.91. The van der Waals surface area contributed by atoms with Crippen LogP contribution in [0.15, 0.2) is 30.3 Å². The number of aliphatic carboxylic acids is 1. The Hall–Kier alpha value is -2.21. The van der Waals surface area contributed by atoms with Gasteiger partial charge in [-0.2, -0.15) is 0 Å². The van der Waals surface area contributed by atoms with Crippen molar-refractivity contribution in [1.82, 2.24) is 5.32 Å². The maximum Gasteiger partial charge on any atom is 0.311 e. The van der Waals surface area contributed by atoms with Crippen molar-refractivity contribution in [2.45, 2.75) is 19.8 Å². The lowest BCUT2D eigenvalue weighted by molar-refractivity contribution is -0.143. The van der Waals surface area contributed by atoms with Gasteiger partial charge in [-0.05, 0) is 49.1 Å². The fourth-order valence-electron chi connectivity index (χ4n) is 2.44. The molecule has 2 aromatic rings. The number of nitrogens with one attached hydrogen (secondary N) is 1. The minimum atomic E-state index is -0.854. The average Bonchev–Trinajstić information content (AvgIpc) is 3.22. The van der Waals surface area contributed by atoms with Crippen molar-refractivity contribution >= 4 is 23.2 Å². The first-order valence-electron chi connectivity index (χ1n) is 7.29. The van der Waals surface area contributed by atoms with Gasteiger partial charge in [-0.3, -0.25) is 9.59 Å². The summed E-state index contributed by atoms with van der Waals surface area (Å²) < 4.78 is 13.0. The van der Waals surface area contributed by atoms with Gasteiger partial charge in [0.05, 0.1) is 10.3 Å². The van der Waals surface area contributed by atoms with Crippen LogP contribution in [0.4, 0.5) is 4.39 Å². The quantitative estimate of drug-likeness (QED) is 0.880. The Bertz CT molecular complexity index is 763. The van der Waals surface area contributed by atoms with E-state index in [1.807, 2.05) is 6.92 Å². The van der Waals surface area contributed by atoms with Crippen molar-refractivity contribution in [3.05, 3.63) is 46.6 Å². The molecule has 1 fully saturated rings. The Morgan fingerprint density at radius 1 is 1.30 bits per heavy atom. The van der Waals surface area contributed by atoms with Crippen LogP contribution in [0.1, 0.15) is 28.1 Å². The fraction of sp³-hybridized carbons (Fsp3) is 0.294. The van der Waals surface area contributed by atoms with Crippen molar-refractivity contribution in [2.24, 2.45) is 5.41 Å². The number of carboxylic acids is 1. The van der Waals surface area contributed by atoms with Gasteiger partial charge in [0.15, 0.2) is 0 Å². The molecule has 3 rings (SSSR count). The third kappa shape index (κ3) is 3.12. The Balaban J connectivity index is 1.74. The van der Waals surface area contributed by atoms with Crippen molar-refractivity contribution in [1.29, 1.82) is 0 Å². The van der Waals surface area contributed by atoms with E-state index in [4.69, 9.17) is 5.11 Å². The van der Waals surface area contributed by atoms with E-state index < -0.39 is 11.4 Å². The molecule has 0 spiro atoms. The Labute approximate surface area is 137 Å². The number of carboxylic acid groups (broad SMARTS) is 1. The van der Waals surface area contributed by atoms with Crippen LogP contribution < -0.4 is 5.32 Å². The molecule has 2 N–H and O–H groups in total. The number of halogens is 1. The number of rotatable bonds is 5. The maximum atomic E-state index is 13.0. The molecular formula is C17H16FNO3S. The summed E-state index contributed by atoms with van der Waals surface area (Å²) in [7, 11) is 0. The highest BCUT2D eigenvalue weighted by Crippen LogP contribution is 2.45. The SMILES string of the molecule is Cc1cc(C(=O)NCC2(C(=O)O)CC2)sc1-c1ccc(F)cc1. The highest BCUT2D eigenvalue weighted by atomic mass is 32.1. The van der Waals surface area contributed by atoms with E-state index in [9.17, 15) is 14.0 Å². The molecule has 1 saturated carbocycles. The van der Waals surface area contributed by atoms with Crippen molar-refractivity contribution in [3.8, 4) is 10.4 Å². The maximum absolute atomic E-state index is 13.0. The van der Waals surface area contributed by atoms with Gasteiger partial charge in [-0.25, -0.2) is 4.39 Å². The zero-order chi connectivity index (χ0) is 16.6. The van der Waals surface area contributed by atoms with Gasteiger partial charge < -0.3 is 10.4 Å². The van der Waals surface area contributed by atoms with E-state index in [2.05, 4.69) is 5.32 Å². The lowest BCUT2D eigenvalue weighted by atomic mass is 10.1. The van der Waals surface area contributed by atoms with Crippen LogP contribution >= 0.6 is 11.3 Å². The van der Waals surface area contributed by atoms with Gasteiger partial charge in [-0.1, -0.05) is 12.1 Å². The predicted octanol–water partition coefficient (Wildman–Crippen LogP) is 3.46. The Kier molecular flexibility index (Phi) is 3.93. The lowest BCUT2D eigenvalue weighted by Crippen LogP contribution is -2.33. The Morgan fingerprint density at radius 2 is 1.96 bits per heavy atom. The highest BCUT2D eigenvalue weighted by molar-refractivity contribution is 7.17. The number of carbonyl (C=O) groups is 2. The van der Waals surface area contributed by atoms with Gasteiger partial charge >= 0.3 is 5.97 Å². The second-order valence-corrected chi connectivity index (χ2v) is 6.95. The molecule has 120 valence electrons. The van der Waals surface area contributed by atoms with Crippen LogP contribution in [0.25, 0.3) is 10.4 Å². The molecule has 23 heavy (non-hydrogen) atoms. The third-order valence-corrected chi connectivity index (χ3v) is 5.43. The van der Waals surface area contributed by atoms with E-state index >= 15 is 0 Å². The van der Waals surface area contributed by atoms with Crippen LogP contribution in [0, 0.1) is 18.2 Å². The van der Waals surface area contributed by atoms with Gasteiger partial charge in [0.2, 0.25) is 0 Å². The summed E-state index contributed by atoms with van der Waals surface area (Å²) in [6.45, 7) is 2.05. The first-order valence-corrected chi connectivity index (χ1v) is 8.11. The molecule has 1 aliphatic rings. The van der Waals surface area contributed by atoms with Gasteiger partial charge in [-0.15, -0.1) is 11.3 Å². The van der Waals surface area contributed by atoms with Crippen LogP contribution in [-0.4, -0.2) is 23.5 Å². The van der Waals surface area contributed by atoms with E-state index in [1.165, 1.54) is 23.5 Å². The van der Waals surface area contributed by atoms with Crippen molar-refractivity contribution in [3.63, 3.8) is 0 Å². The summed E-state index contributed by atoms with van der Waals surface area (Å²) in [4.78, 5) is 24.8. The van der Waals surface area contributed by atoms with Crippen LogP contribution in [0.5, 0.6) is 0 Å². The normalized spacial score (nSPS) is 15.2. The van der Waals surface area contributed by atoms with Gasteiger partial charge in [0.1, 0.15) is 5.82 Å². The number of aryl methyl sites for hydroxylation is 1. The minimum Gasteiger partial charge on any atom is -0.481 e. The predicted molar refractivity (Wildman–Crippen MR) is 86.1 cm³/mol. The molecule has 0 radical (unpaired) electrons. The molecule has 1 aromatic heterocycles. The molecule has 0 bridgehead atoms. The number of hydrogen-bond donors (Lipinski definition) is 2. The molecule has 1 aliphatic carbocycles. The molecule has 0 atom stereocenters. The van der Waals surface area contributed by atoms with Crippen LogP contribution in [-0.2, 0) is 4.79 Å². The smallest absolute Gasteiger partial charge is 0.311 e. The molecule has 0 aliphatic heterocycles. The highest BCUT2D eigenvalue weighted by Gasteiger charge is 2.50. The third-order valence-electron chi connectivity index (χ3n) is 4.14. The summed E-state index contributed by atoms with van der Waals surface area (Å²) in [6.07, 6.45) is 1.21. The molecule has 0 saturated heterocycles. The second kappa shape index (κ2) is 5.77. The number of hydrogen-bond acceptors (Lipinski definition) is 3. The van der Waals surface area contributed by atoms with Crippen molar-refractivity contribution < 1.29 is 19.1 Å². The largest absolute Gasteiger partial charge is 0.481 e. The standard InChI is InChI=1S/C17H16FNO3S/c1-10-8-13(15(20)19-9-17(6-7-17)16(21)22)23-14(10)11-2-4-12(18)5-3-11/h2-5,8H,6-7,9H2,1H3,(H,19,20)(H,21,22). The van der Waals surface area contributed by atoms with E-state index in [1.54, 1.807) is 18.2 Å². The number of amides is 1. The lowest BCUT2D eigenvalue weighted by Gasteiger charge is -2.10. The fourth-order valence-corrected chi connectivity index (χ4v) is 3.53. The number of thiophene rings is 1. The van der Waals surface area contributed by atoms with Crippen molar-refractivity contribution in [2.75, 3.05) is 6.54 Å². The molecule has 1 heterocycles. The summed E-state index contributed by atoms with van der Waals surface area (Å²) in [5.41, 5.74) is 1.02. The van der Waals surface area contributed by atoms with Gasteiger partial charge in [0.25, 0.3) is 5.91 Å². The zero-order valence-electron chi connectivity index (χ0n) is 12.6. The summed E-state index contributed by atoms with van der Waals surface area (Å²) in [5, 5.41) is 11.8. The van der Waals surface area contributed by atoms with Crippen LogP contribution in [0.3, 0.4) is 0 Å². The van der Waals surface area contributed by atoms with E-state index in [-0.39, 0.29) is 18.3 Å². The first-order chi connectivity index (χ1) is 10.9. The zero-order valence-corrected chi connectivity index (χ0v) is 13.4. The molecule has 1 amide bonds. The molecule has 4 nitrogen and oxygen atoms in total. The number of carbonyl (C=O) groups excluding carboxylic acids is 1. The summed E-state index contributed by atoms with van der Waals surface area (Å²) in [5.74, 6) is -1.42. The van der Waals surface area contributed by atoms with Crippen LogP contribution in [0.2, 0.25) is 0 Å². The molecule has 6 heteroatoms. The molecular weight excluding hydrogens is 317 g/mol. The summed E-state index contributed by atoms with van der Waals surface area (Å²) >= 11 is 1.32. The second-order valence-electron chi connectivity index (χ2n) is 5.90. The van der Waals surface area contributed by atoms with E-state index in [0.717, 1.165) is 16.0 Å². The monoisotopic (exact) mass is 333 g/mol. The van der Waals surface area contributed by atoms with E-state index in [0.29, 0.717) is 17.7 Å².